The maximum absolute atomic E-state index is 12.3. The quantitative estimate of drug-likeness (QED) is 0.746. The highest BCUT2D eigenvalue weighted by Gasteiger charge is 2.28. The molecule has 0 heterocycles. The summed E-state index contributed by atoms with van der Waals surface area (Å²) >= 11 is 12.0. The average molecular weight is 338 g/mol. The third-order valence-electron chi connectivity index (χ3n) is 4.08. The van der Waals surface area contributed by atoms with Crippen LogP contribution in [0, 0.1) is 11.8 Å². The van der Waals surface area contributed by atoms with Gasteiger partial charge in [-0.25, -0.2) is 0 Å². The molecule has 1 aliphatic carbocycles. The Kier molecular flexibility index (Phi) is 5.55. The van der Waals surface area contributed by atoms with Crippen LogP contribution in [0.25, 0.3) is 0 Å². The van der Waals surface area contributed by atoms with Crippen molar-refractivity contribution >= 4 is 28.9 Å². The molecule has 1 N–H and O–H groups in total. The lowest BCUT2D eigenvalue weighted by Crippen LogP contribution is -2.37. The molecule has 1 aromatic rings. The van der Waals surface area contributed by atoms with Gasteiger partial charge in [-0.1, -0.05) is 43.5 Å². The summed E-state index contributed by atoms with van der Waals surface area (Å²) in [5, 5.41) is 3.60. The highest BCUT2D eigenvalue weighted by Crippen LogP contribution is 2.38. The van der Waals surface area contributed by atoms with Crippen LogP contribution >= 0.6 is 23.2 Å². The maximum atomic E-state index is 12.3. The van der Waals surface area contributed by atoms with Gasteiger partial charge >= 0.3 is 6.61 Å². The smallest absolute Gasteiger partial charge is 0.387 e. The van der Waals surface area contributed by atoms with Gasteiger partial charge in [-0.15, -0.1) is 0 Å². The first-order chi connectivity index (χ1) is 9.88. The van der Waals surface area contributed by atoms with Gasteiger partial charge in [0.1, 0.15) is 0 Å². The third kappa shape index (κ3) is 4.13. The number of alkyl halides is 2. The first kappa shape index (κ1) is 16.6. The molecule has 1 saturated carbocycles. The summed E-state index contributed by atoms with van der Waals surface area (Å²) < 4.78 is 28.9. The Morgan fingerprint density at radius 1 is 1.14 bits per heavy atom. The number of halogens is 4. The lowest BCUT2D eigenvalue weighted by Gasteiger charge is -2.36. The normalized spacial score (nSPS) is 26.0. The van der Waals surface area contributed by atoms with Crippen LogP contribution < -0.4 is 10.1 Å². The van der Waals surface area contributed by atoms with Crippen LogP contribution in [-0.4, -0.2) is 12.7 Å². The lowest BCUT2D eigenvalue weighted by molar-refractivity contribution is -0.0497. The molecule has 1 aliphatic rings. The van der Waals surface area contributed by atoms with Crippen molar-refractivity contribution in [2.75, 3.05) is 5.32 Å². The molecule has 0 saturated heterocycles. The minimum absolute atomic E-state index is 0.0846. The van der Waals surface area contributed by atoms with Crippen molar-refractivity contribution in [3.63, 3.8) is 0 Å². The van der Waals surface area contributed by atoms with E-state index in [1.54, 1.807) is 12.1 Å². The van der Waals surface area contributed by atoms with Gasteiger partial charge in [0.2, 0.25) is 0 Å². The topological polar surface area (TPSA) is 21.3 Å². The molecule has 21 heavy (non-hydrogen) atoms. The number of anilines is 1. The molecular formula is C15H19Cl2F2NO. The highest BCUT2D eigenvalue weighted by atomic mass is 35.5. The van der Waals surface area contributed by atoms with Gasteiger partial charge in [-0.3, -0.25) is 0 Å². The summed E-state index contributed by atoms with van der Waals surface area (Å²) in [6, 6.07) is 3.49. The molecule has 0 amide bonds. The van der Waals surface area contributed by atoms with Crippen molar-refractivity contribution in [2.45, 2.75) is 45.8 Å². The molecule has 2 nitrogen and oxygen atoms in total. The van der Waals surface area contributed by atoms with Gasteiger partial charge in [-0.05, 0) is 36.8 Å². The molecule has 1 fully saturated rings. The predicted octanol–water partition coefficient (Wildman–Crippen LogP) is 5.83. The van der Waals surface area contributed by atoms with Crippen molar-refractivity contribution in [3.05, 3.63) is 22.2 Å². The summed E-state index contributed by atoms with van der Waals surface area (Å²) in [7, 11) is 0. The molecule has 0 aliphatic heterocycles. The zero-order chi connectivity index (χ0) is 15.6. The maximum Gasteiger partial charge on any atom is 0.387 e. The molecule has 2 rings (SSSR count). The van der Waals surface area contributed by atoms with Gasteiger partial charge < -0.3 is 10.1 Å². The SMILES string of the molecule is CC1CCCC(C)C1Nc1cc(Cl)c(OC(F)F)c(Cl)c1. The lowest BCUT2D eigenvalue weighted by atomic mass is 9.78. The first-order valence-corrected chi connectivity index (χ1v) is 7.84. The summed E-state index contributed by atoms with van der Waals surface area (Å²) in [6.07, 6.45) is 3.59. The van der Waals surface area contributed by atoms with Crippen LogP contribution in [0.15, 0.2) is 12.1 Å². The first-order valence-electron chi connectivity index (χ1n) is 7.09. The third-order valence-corrected chi connectivity index (χ3v) is 4.65. The van der Waals surface area contributed by atoms with Crippen molar-refractivity contribution in [1.29, 1.82) is 0 Å². The van der Waals surface area contributed by atoms with E-state index in [9.17, 15) is 8.78 Å². The molecule has 6 heteroatoms. The van der Waals surface area contributed by atoms with Gasteiger partial charge in [0, 0.05) is 11.7 Å². The van der Waals surface area contributed by atoms with Gasteiger partial charge in [0.15, 0.2) is 5.75 Å². The van der Waals surface area contributed by atoms with E-state index >= 15 is 0 Å². The summed E-state index contributed by atoms with van der Waals surface area (Å²) in [5.74, 6) is 0.912. The number of hydrogen-bond acceptors (Lipinski definition) is 2. The van der Waals surface area contributed by atoms with Crippen molar-refractivity contribution in [2.24, 2.45) is 11.8 Å². The molecule has 0 aromatic heterocycles. The summed E-state index contributed by atoms with van der Waals surface area (Å²) in [5.41, 5.74) is 0.734. The second-order valence-electron chi connectivity index (χ2n) is 5.70. The van der Waals surface area contributed by atoms with Crippen molar-refractivity contribution in [3.8, 4) is 5.75 Å². The number of benzene rings is 1. The zero-order valence-corrected chi connectivity index (χ0v) is 13.5. The number of ether oxygens (including phenoxy) is 1. The van der Waals surface area contributed by atoms with E-state index < -0.39 is 6.61 Å². The molecule has 2 atom stereocenters. The Labute approximate surface area is 133 Å². The Morgan fingerprint density at radius 2 is 1.67 bits per heavy atom. The fourth-order valence-electron chi connectivity index (χ4n) is 3.00. The van der Waals surface area contributed by atoms with Crippen LogP contribution in [0.1, 0.15) is 33.1 Å². The molecule has 118 valence electrons. The van der Waals surface area contributed by atoms with Gasteiger partial charge in [-0.2, -0.15) is 8.78 Å². The standard InChI is InChI=1S/C15H19Cl2F2NO/c1-8-4-3-5-9(2)13(8)20-10-6-11(16)14(12(17)7-10)21-15(18)19/h6-9,13,15,20H,3-5H2,1-2H3. The largest absolute Gasteiger partial charge is 0.432 e. The monoisotopic (exact) mass is 337 g/mol. The average Bonchev–Trinajstić information content (AvgIpc) is 2.38. The van der Waals surface area contributed by atoms with E-state index in [-0.39, 0.29) is 15.8 Å². The van der Waals surface area contributed by atoms with Crippen LogP contribution in [0.2, 0.25) is 10.0 Å². The second kappa shape index (κ2) is 7.01. The summed E-state index contributed by atoms with van der Waals surface area (Å²) in [4.78, 5) is 0. The minimum atomic E-state index is -2.95. The van der Waals surface area contributed by atoms with Crippen LogP contribution in [0.5, 0.6) is 5.75 Å². The van der Waals surface area contributed by atoms with Crippen molar-refractivity contribution < 1.29 is 13.5 Å². The van der Waals surface area contributed by atoms with Crippen LogP contribution in [-0.2, 0) is 0 Å². The molecule has 1 aromatic carbocycles. The van der Waals surface area contributed by atoms with E-state index in [4.69, 9.17) is 23.2 Å². The minimum Gasteiger partial charge on any atom is -0.432 e. The predicted molar refractivity (Wildman–Crippen MR) is 82.7 cm³/mol. The Hall–Kier alpha value is -0.740. The second-order valence-corrected chi connectivity index (χ2v) is 6.52. The van der Waals surface area contributed by atoms with E-state index in [1.807, 2.05) is 0 Å². The van der Waals surface area contributed by atoms with E-state index in [0.717, 1.165) is 5.69 Å². The number of rotatable bonds is 4. The zero-order valence-electron chi connectivity index (χ0n) is 12.0. The molecule has 0 radical (unpaired) electrons. The highest BCUT2D eigenvalue weighted by molar-refractivity contribution is 6.37. The van der Waals surface area contributed by atoms with Crippen LogP contribution in [0.3, 0.4) is 0 Å². The number of nitrogens with one attached hydrogen (secondary N) is 1. The molecule has 0 bridgehead atoms. The van der Waals surface area contributed by atoms with Crippen molar-refractivity contribution in [1.82, 2.24) is 0 Å². The van der Waals surface area contributed by atoms with E-state index in [2.05, 4.69) is 23.9 Å². The Bertz CT molecular complexity index is 466. The fraction of sp³-hybridized carbons (Fsp3) is 0.600. The Balaban J connectivity index is 2.17. The molecular weight excluding hydrogens is 319 g/mol. The Morgan fingerprint density at radius 3 is 2.14 bits per heavy atom. The molecule has 2 unspecified atom stereocenters. The number of hydrogen-bond donors (Lipinski definition) is 1. The van der Waals surface area contributed by atoms with E-state index in [0.29, 0.717) is 17.9 Å². The van der Waals surface area contributed by atoms with Gasteiger partial charge in [0.05, 0.1) is 10.0 Å². The van der Waals surface area contributed by atoms with Crippen LogP contribution in [0.4, 0.5) is 14.5 Å². The fourth-order valence-corrected chi connectivity index (χ4v) is 3.58. The van der Waals surface area contributed by atoms with Gasteiger partial charge in [0.25, 0.3) is 0 Å². The molecule has 0 spiro atoms. The summed E-state index contributed by atoms with van der Waals surface area (Å²) in [6.45, 7) is 1.48. The van der Waals surface area contributed by atoms with E-state index in [1.165, 1.54) is 19.3 Å².